The number of nitrogens with zero attached hydrogens (tertiary/aromatic N) is 2. The molecule has 1 heterocycles. The Morgan fingerprint density at radius 1 is 1.21 bits per heavy atom. The summed E-state index contributed by atoms with van der Waals surface area (Å²) in [6.07, 6.45) is 0. The van der Waals surface area contributed by atoms with Gasteiger partial charge in [-0.15, -0.1) is 0 Å². The first-order valence-electron chi connectivity index (χ1n) is 10.8. The van der Waals surface area contributed by atoms with E-state index < -0.39 is 24.5 Å². The van der Waals surface area contributed by atoms with Crippen LogP contribution in [0.25, 0.3) is 0 Å². The third-order valence-electron chi connectivity index (χ3n) is 4.82. The zero-order chi connectivity index (χ0) is 24.7. The third kappa shape index (κ3) is 7.64. The Morgan fingerprint density at radius 2 is 1.85 bits per heavy atom. The SMILES string of the molecule is CC(C)CN(CC(C)C)[C@@H](C(N)=O)C(=O)Nc1ccc(N2CCOCC2=O)cc1OC(F)F. The van der Waals surface area contributed by atoms with Crippen molar-refractivity contribution in [3.8, 4) is 5.75 Å². The van der Waals surface area contributed by atoms with E-state index in [4.69, 9.17) is 10.5 Å². The summed E-state index contributed by atoms with van der Waals surface area (Å²) in [7, 11) is 0. The molecule has 0 spiro atoms. The molecule has 11 heteroatoms. The molecule has 1 aromatic rings. The van der Waals surface area contributed by atoms with Crippen LogP contribution in [0.5, 0.6) is 5.75 Å². The van der Waals surface area contributed by atoms with Crippen LogP contribution >= 0.6 is 0 Å². The maximum Gasteiger partial charge on any atom is 0.387 e. The second kappa shape index (κ2) is 11.9. The molecule has 1 aliphatic heterocycles. The Morgan fingerprint density at radius 3 is 2.36 bits per heavy atom. The number of benzene rings is 1. The number of hydrogen-bond acceptors (Lipinski definition) is 6. The molecule has 9 nitrogen and oxygen atoms in total. The number of ether oxygens (including phenoxy) is 2. The molecule has 0 radical (unpaired) electrons. The number of nitrogens with one attached hydrogen (secondary N) is 1. The van der Waals surface area contributed by atoms with Crippen LogP contribution in [-0.4, -0.2) is 68.1 Å². The van der Waals surface area contributed by atoms with Gasteiger partial charge < -0.3 is 25.4 Å². The number of morpholine rings is 1. The monoisotopic (exact) mass is 470 g/mol. The molecule has 2 rings (SSSR count). The predicted molar refractivity (Wildman–Crippen MR) is 119 cm³/mol. The van der Waals surface area contributed by atoms with Crippen LogP contribution < -0.4 is 20.7 Å². The Hall–Kier alpha value is -2.79. The molecule has 0 aliphatic carbocycles. The minimum Gasteiger partial charge on any atom is -0.433 e. The lowest BCUT2D eigenvalue weighted by Crippen LogP contribution is -2.54. The van der Waals surface area contributed by atoms with E-state index in [1.54, 1.807) is 4.90 Å². The number of primary amides is 1. The summed E-state index contributed by atoms with van der Waals surface area (Å²) in [6, 6.07) is 2.79. The fourth-order valence-corrected chi connectivity index (χ4v) is 3.67. The zero-order valence-electron chi connectivity index (χ0n) is 19.3. The summed E-state index contributed by atoms with van der Waals surface area (Å²) in [5.41, 5.74) is 5.81. The van der Waals surface area contributed by atoms with Crippen molar-refractivity contribution in [2.75, 3.05) is 43.1 Å². The van der Waals surface area contributed by atoms with Gasteiger partial charge in [0, 0.05) is 31.4 Å². The molecule has 1 aromatic carbocycles. The number of halogens is 2. The summed E-state index contributed by atoms with van der Waals surface area (Å²) < 4.78 is 35.8. The van der Waals surface area contributed by atoms with Crippen LogP contribution in [0.1, 0.15) is 27.7 Å². The van der Waals surface area contributed by atoms with Crippen molar-refractivity contribution in [3.05, 3.63) is 18.2 Å². The van der Waals surface area contributed by atoms with Gasteiger partial charge in [0.25, 0.3) is 11.8 Å². The Balaban J connectivity index is 2.33. The standard InChI is InChI=1S/C22H32F2N4O5/c1-13(2)10-27(11-14(3)4)19(20(25)30)21(31)26-16-6-5-15(9-17(16)33-22(23)24)28-7-8-32-12-18(28)29/h5-6,9,13-14,19,22H,7-8,10-12H2,1-4H3,(H2,25,30)(H,26,31)/t19-/m0/s1. The second-order valence-electron chi connectivity index (χ2n) is 8.69. The highest BCUT2D eigenvalue weighted by atomic mass is 19.3. The number of alkyl halides is 2. The molecule has 1 aliphatic rings. The number of nitrogens with two attached hydrogens (primary N) is 1. The molecule has 33 heavy (non-hydrogen) atoms. The average Bonchev–Trinajstić information content (AvgIpc) is 2.68. The first-order chi connectivity index (χ1) is 15.5. The molecule has 3 N–H and O–H groups in total. The number of carbonyl (C=O) groups excluding carboxylic acids is 3. The highest BCUT2D eigenvalue weighted by molar-refractivity contribution is 6.10. The minimum atomic E-state index is -3.17. The van der Waals surface area contributed by atoms with Crippen molar-refractivity contribution in [2.24, 2.45) is 17.6 Å². The second-order valence-corrected chi connectivity index (χ2v) is 8.69. The first-order valence-corrected chi connectivity index (χ1v) is 10.8. The van der Waals surface area contributed by atoms with Crippen molar-refractivity contribution in [1.29, 1.82) is 0 Å². The van der Waals surface area contributed by atoms with Crippen molar-refractivity contribution in [3.63, 3.8) is 0 Å². The fourth-order valence-electron chi connectivity index (χ4n) is 3.67. The van der Waals surface area contributed by atoms with Crippen LogP contribution in [-0.2, 0) is 19.1 Å². The Labute approximate surface area is 192 Å². The molecule has 0 saturated carbocycles. The molecule has 0 aromatic heterocycles. The highest BCUT2D eigenvalue weighted by Gasteiger charge is 2.33. The van der Waals surface area contributed by atoms with Gasteiger partial charge in [-0.25, -0.2) is 0 Å². The number of amides is 3. The van der Waals surface area contributed by atoms with Crippen LogP contribution in [0.15, 0.2) is 18.2 Å². The molecule has 3 amide bonds. The van der Waals surface area contributed by atoms with Crippen molar-refractivity contribution < 1.29 is 32.6 Å². The van der Waals surface area contributed by atoms with Gasteiger partial charge in [0.05, 0.1) is 12.3 Å². The van der Waals surface area contributed by atoms with E-state index in [1.165, 1.54) is 23.1 Å². The van der Waals surface area contributed by atoms with Gasteiger partial charge in [-0.3, -0.25) is 19.3 Å². The molecule has 0 unspecified atom stereocenters. The van der Waals surface area contributed by atoms with Gasteiger partial charge in [-0.05, 0) is 24.0 Å². The highest BCUT2D eigenvalue weighted by Crippen LogP contribution is 2.32. The number of rotatable bonds is 11. The van der Waals surface area contributed by atoms with Crippen LogP contribution in [0.4, 0.5) is 20.2 Å². The number of hydrogen-bond donors (Lipinski definition) is 2. The molecule has 1 saturated heterocycles. The van der Waals surface area contributed by atoms with E-state index in [0.717, 1.165) is 0 Å². The van der Waals surface area contributed by atoms with Gasteiger partial charge in [0.15, 0.2) is 11.8 Å². The number of anilines is 2. The van der Waals surface area contributed by atoms with E-state index in [0.29, 0.717) is 25.4 Å². The topological polar surface area (TPSA) is 114 Å². The lowest BCUT2D eigenvalue weighted by Gasteiger charge is -2.31. The summed E-state index contributed by atoms with van der Waals surface area (Å²) in [6.45, 7) is 5.95. The van der Waals surface area contributed by atoms with E-state index in [9.17, 15) is 23.2 Å². The van der Waals surface area contributed by atoms with Crippen LogP contribution in [0.3, 0.4) is 0 Å². The molecular weight excluding hydrogens is 438 g/mol. The van der Waals surface area contributed by atoms with Crippen molar-refractivity contribution >= 4 is 29.1 Å². The Bertz CT molecular complexity index is 840. The number of carbonyl (C=O) groups is 3. The molecule has 1 fully saturated rings. The van der Waals surface area contributed by atoms with Crippen molar-refractivity contribution in [1.82, 2.24) is 4.90 Å². The average molecular weight is 471 g/mol. The zero-order valence-corrected chi connectivity index (χ0v) is 19.3. The van der Waals surface area contributed by atoms with Gasteiger partial charge >= 0.3 is 6.61 Å². The summed E-state index contributed by atoms with van der Waals surface area (Å²) in [4.78, 5) is 40.4. The molecule has 184 valence electrons. The van der Waals surface area contributed by atoms with Gasteiger partial charge in [-0.1, -0.05) is 27.7 Å². The molecule has 1 atom stereocenters. The van der Waals surface area contributed by atoms with E-state index in [2.05, 4.69) is 10.1 Å². The third-order valence-corrected chi connectivity index (χ3v) is 4.82. The largest absolute Gasteiger partial charge is 0.433 e. The quantitative estimate of drug-likeness (QED) is 0.479. The lowest BCUT2D eigenvalue weighted by molar-refractivity contribution is -0.133. The Kier molecular flexibility index (Phi) is 9.54. The summed E-state index contributed by atoms with van der Waals surface area (Å²) >= 11 is 0. The van der Waals surface area contributed by atoms with Gasteiger partial charge in [0.2, 0.25) is 5.91 Å². The van der Waals surface area contributed by atoms with E-state index in [1.807, 2.05) is 27.7 Å². The predicted octanol–water partition coefficient (Wildman–Crippen LogP) is 2.06. The lowest BCUT2D eigenvalue weighted by atomic mass is 10.1. The van der Waals surface area contributed by atoms with E-state index >= 15 is 0 Å². The maximum absolute atomic E-state index is 13.1. The van der Waals surface area contributed by atoms with Gasteiger partial charge in [0.1, 0.15) is 6.61 Å². The van der Waals surface area contributed by atoms with Crippen molar-refractivity contribution in [2.45, 2.75) is 40.3 Å². The maximum atomic E-state index is 13.1. The summed E-state index contributed by atoms with van der Waals surface area (Å²) in [5, 5.41) is 2.50. The molecular formula is C22H32F2N4O5. The summed E-state index contributed by atoms with van der Waals surface area (Å²) in [5.74, 6) is -1.95. The normalized spacial score (nSPS) is 15.5. The smallest absolute Gasteiger partial charge is 0.387 e. The molecule has 0 bridgehead atoms. The fraction of sp³-hybridized carbons (Fsp3) is 0.591. The van der Waals surface area contributed by atoms with Gasteiger partial charge in [-0.2, -0.15) is 8.78 Å². The van der Waals surface area contributed by atoms with E-state index in [-0.39, 0.29) is 42.3 Å². The van der Waals surface area contributed by atoms with Crippen LogP contribution in [0, 0.1) is 11.8 Å². The minimum absolute atomic E-state index is 0.0648. The first kappa shape index (κ1) is 26.5. The van der Waals surface area contributed by atoms with Crippen LogP contribution in [0.2, 0.25) is 0 Å².